The largest absolute Gasteiger partial charge is 0.495 e. The summed E-state index contributed by atoms with van der Waals surface area (Å²) in [5, 5.41) is 8.97. The summed E-state index contributed by atoms with van der Waals surface area (Å²) in [6.45, 7) is 9.53. The maximum Gasteiger partial charge on any atom is 0.495 e. The van der Waals surface area contributed by atoms with Crippen LogP contribution < -0.4 is 10.8 Å². The Morgan fingerprint density at radius 2 is 1.88 bits per heavy atom. The number of H-pyrrole nitrogens is 1. The van der Waals surface area contributed by atoms with Crippen molar-refractivity contribution in [3.63, 3.8) is 0 Å². The average Bonchev–Trinajstić information content (AvgIpc) is 3.05. The number of carbonyl (C=O) groups is 1. The molecule has 25 heavy (non-hydrogen) atoms. The van der Waals surface area contributed by atoms with Crippen molar-refractivity contribution in [1.82, 2.24) is 10.2 Å². The van der Waals surface area contributed by atoms with Gasteiger partial charge in [0, 0.05) is 12.3 Å². The van der Waals surface area contributed by atoms with E-state index in [1.165, 1.54) is 12.1 Å². The van der Waals surface area contributed by atoms with E-state index in [1.807, 2.05) is 27.7 Å². The Kier molecular flexibility index (Phi) is 4.21. The number of aromatic amines is 1. The first-order chi connectivity index (χ1) is 11.6. The van der Waals surface area contributed by atoms with Crippen molar-refractivity contribution in [2.75, 3.05) is 5.32 Å². The molecular formula is C17H21BFN3O3. The highest BCUT2D eigenvalue weighted by molar-refractivity contribution is 6.62. The van der Waals surface area contributed by atoms with E-state index in [-0.39, 0.29) is 5.56 Å². The first-order valence-electron chi connectivity index (χ1n) is 8.07. The number of nitrogens with one attached hydrogen (secondary N) is 2. The molecule has 2 aromatic rings. The molecule has 1 saturated heterocycles. The predicted octanol–water partition coefficient (Wildman–Crippen LogP) is 2.41. The second kappa shape index (κ2) is 5.96. The number of halogens is 1. The van der Waals surface area contributed by atoms with E-state index in [9.17, 15) is 9.18 Å². The number of nitrogens with zero attached hydrogens (tertiary/aromatic N) is 1. The lowest BCUT2D eigenvalue weighted by Gasteiger charge is -2.32. The fraction of sp³-hybridized carbons (Fsp3) is 0.412. The summed E-state index contributed by atoms with van der Waals surface area (Å²) in [5.74, 6) is -0.865. The fourth-order valence-corrected chi connectivity index (χ4v) is 2.60. The molecule has 0 aliphatic carbocycles. The van der Waals surface area contributed by atoms with Gasteiger partial charge in [-0.05, 0) is 57.8 Å². The molecule has 1 aromatic heterocycles. The molecule has 1 aromatic carbocycles. The molecule has 0 bridgehead atoms. The zero-order valence-corrected chi connectivity index (χ0v) is 14.9. The molecule has 0 spiro atoms. The second-order valence-electron chi connectivity index (χ2n) is 7.19. The van der Waals surface area contributed by atoms with Gasteiger partial charge in [0.15, 0.2) is 5.82 Å². The summed E-state index contributed by atoms with van der Waals surface area (Å²) in [5.41, 5.74) is 0.171. The summed E-state index contributed by atoms with van der Waals surface area (Å²) >= 11 is 0. The summed E-state index contributed by atoms with van der Waals surface area (Å²) in [6, 6.07) is 4.38. The zero-order chi connectivity index (χ0) is 18.4. The van der Waals surface area contributed by atoms with Gasteiger partial charge in [-0.3, -0.25) is 9.89 Å². The smallest absolute Gasteiger partial charge is 0.399 e. The van der Waals surface area contributed by atoms with E-state index in [4.69, 9.17) is 9.31 Å². The number of carbonyl (C=O) groups excluding carboxylic acids is 1. The Bertz CT molecular complexity index is 790. The summed E-state index contributed by atoms with van der Waals surface area (Å²) in [6.07, 6.45) is 1.57. The number of aryl methyl sites for hydroxylation is 1. The van der Waals surface area contributed by atoms with Crippen LogP contribution in [0.2, 0.25) is 0 Å². The maximum absolute atomic E-state index is 14.3. The lowest BCUT2D eigenvalue weighted by atomic mass is 9.75. The highest BCUT2D eigenvalue weighted by atomic mass is 19.1. The normalized spacial score (nSPS) is 18.4. The molecule has 132 valence electrons. The number of hydrogen-bond donors (Lipinski definition) is 2. The third-order valence-electron chi connectivity index (χ3n) is 4.85. The van der Waals surface area contributed by atoms with Gasteiger partial charge in [-0.1, -0.05) is 0 Å². The minimum atomic E-state index is -0.664. The van der Waals surface area contributed by atoms with Crippen molar-refractivity contribution < 1.29 is 18.5 Å². The summed E-state index contributed by atoms with van der Waals surface area (Å²) in [7, 11) is -0.664. The predicted molar refractivity (Wildman–Crippen MR) is 93.4 cm³/mol. The van der Waals surface area contributed by atoms with Crippen molar-refractivity contribution in [2.24, 2.45) is 0 Å². The monoisotopic (exact) mass is 345 g/mol. The minimum Gasteiger partial charge on any atom is -0.399 e. The maximum atomic E-state index is 14.3. The quantitative estimate of drug-likeness (QED) is 0.838. The first kappa shape index (κ1) is 17.6. The number of amides is 1. The molecule has 8 heteroatoms. The van der Waals surface area contributed by atoms with Crippen LogP contribution in [0.15, 0.2) is 24.4 Å². The molecule has 0 saturated carbocycles. The molecule has 2 heterocycles. The van der Waals surface area contributed by atoms with Crippen LogP contribution in [0, 0.1) is 12.7 Å². The van der Waals surface area contributed by atoms with Crippen LogP contribution in [0.5, 0.6) is 0 Å². The molecule has 0 atom stereocenters. The van der Waals surface area contributed by atoms with Crippen molar-refractivity contribution >= 4 is 24.3 Å². The van der Waals surface area contributed by atoms with Gasteiger partial charge in [-0.15, -0.1) is 0 Å². The van der Waals surface area contributed by atoms with Gasteiger partial charge < -0.3 is 14.6 Å². The molecule has 0 radical (unpaired) electrons. The number of benzene rings is 1. The number of hydrogen-bond acceptors (Lipinski definition) is 4. The van der Waals surface area contributed by atoms with Crippen molar-refractivity contribution in [2.45, 2.75) is 45.8 Å². The van der Waals surface area contributed by atoms with Crippen molar-refractivity contribution in [1.29, 1.82) is 0 Å². The molecule has 3 rings (SSSR count). The lowest BCUT2D eigenvalue weighted by Crippen LogP contribution is -2.41. The van der Waals surface area contributed by atoms with E-state index in [2.05, 4.69) is 15.5 Å². The van der Waals surface area contributed by atoms with E-state index in [1.54, 1.807) is 19.2 Å². The van der Waals surface area contributed by atoms with Gasteiger partial charge >= 0.3 is 7.12 Å². The lowest BCUT2D eigenvalue weighted by molar-refractivity contribution is 0.00578. The highest BCUT2D eigenvalue weighted by Gasteiger charge is 2.52. The van der Waals surface area contributed by atoms with E-state index in [0.717, 1.165) is 0 Å². The number of aromatic nitrogens is 2. The molecule has 1 aliphatic heterocycles. The fourth-order valence-electron chi connectivity index (χ4n) is 2.60. The molecule has 0 unspecified atom stereocenters. The van der Waals surface area contributed by atoms with E-state index >= 15 is 0 Å². The first-order valence-corrected chi connectivity index (χ1v) is 8.07. The standard InChI is InChI=1S/C17H21BFN3O3/c1-10-8-13(19)11(15(23)21-14-6-7-20-22-14)9-12(10)18-24-16(2,3)17(4,5)25-18/h6-9H,1-5H3,(H2,20,21,22,23). The second-order valence-corrected chi connectivity index (χ2v) is 7.19. The van der Waals surface area contributed by atoms with Crippen LogP contribution in [0.1, 0.15) is 43.6 Å². The number of anilines is 1. The summed E-state index contributed by atoms with van der Waals surface area (Å²) in [4.78, 5) is 12.4. The minimum absolute atomic E-state index is 0.0849. The zero-order valence-electron chi connectivity index (χ0n) is 14.9. The van der Waals surface area contributed by atoms with Gasteiger partial charge in [0.2, 0.25) is 0 Å². The Morgan fingerprint density at radius 3 is 2.44 bits per heavy atom. The molecule has 2 N–H and O–H groups in total. The third kappa shape index (κ3) is 3.19. The van der Waals surface area contributed by atoms with Gasteiger partial charge in [0.05, 0.1) is 16.8 Å². The molecule has 6 nitrogen and oxygen atoms in total. The Morgan fingerprint density at radius 1 is 1.24 bits per heavy atom. The van der Waals surface area contributed by atoms with Crippen molar-refractivity contribution in [3.8, 4) is 0 Å². The van der Waals surface area contributed by atoms with Crippen LogP contribution in [-0.2, 0) is 9.31 Å². The Balaban J connectivity index is 1.93. The molecular weight excluding hydrogens is 324 g/mol. The van der Waals surface area contributed by atoms with Gasteiger partial charge in [0.1, 0.15) is 5.82 Å². The Hall–Kier alpha value is -2.19. The Labute approximate surface area is 146 Å². The third-order valence-corrected chi connectivity index (χ3v) is 4.85. The van der Waals surface area contributed by atoms with Gasteiger partial charge in [-0.25, -0.2) is 4.39 Å². The van der Waals surface area contributed by atoms with Crippen molar-refractivity contribution in [3.05, 3.63) is 41.3 Å². The SMILES string of the molecule is Cc1cc(F)c(C(=O)Nc2cc[nH]n2)cc1B1OC(C)(C)C(C)(C)O1. The topological polar surface area (TPSA) is 76.2 Å². The van der Waals surface area contributed by atoms with E-state index < -0.39 is 30.0 Å². The van der Waals surface area contributed by atoms with Crippen LogP contribution in [0.4, 0.5) is 10.2 Å². The van der Waals surface area contributed by atoms with Crippen LogP contribution in [-0.4, -0.2) is 34.4 Å². The molecule has 1 aliphatic rings. The van der Waals surface area contributed by atoms with Gasteiger partial charge in [0.25, 0.3) is 5.91 Å². The highest BCUT2D eigenvalue weighted by Crippen LogP contribution is 2.36. The van der Waals surface area contributed by atoms with Crippen LogP contribution in [0.25, 0.3) is 0 Å². The van der Waals surface area contributed by atoms with E-state index in [0.29, 0.717) is 16.8 Å². The van der Waals surface area contributed by atoms with Crippen LogP contribution >= 0.6 is 0 Å². The average molecular weight is 345 g/mol. The molecule has 1 fully saturated rings. The molecule has 1 amide bonds. The van der Waals surface area contributed by atoms with Crippen LogP contribution in [0.3, 0.4) is 0 Å². The summed E-state index contributed by atoms with van der Waals surface area (Å²) < 4.78 is 26.4. The van der Waals surface area contributed by atoms with Gasteiger partial charge in [-0.2, -0.15) is 5.10 Å². The number of rotatable bonds is 3.